The zero-order chi connectivity index (χ0) is 18.1. The molecule has 2 aromatic carbocycles. The minimum Gasteiger partial charge on any atom is -0.379 e. The van der Waals surface area contributed by atoms with Crippen molar-refractivity contribution in [3.63, 3.8) is 0 Å². The van der Waals surface area contributed by atoms with Crippen LogP contribution < -0.4 is 10.6 Å². The van der Waals surface area contributed by atoms with Gasteiger partial charge in [0, 0.05) is 28.8 Å². The SMILES string of the molecule is NC(=O)c1ccc2[nH]nc(-c3cccc(N(C=O)C4CCOC4)c3)c2c1. The fourth-order valence-corrected chi connectivity index (χ4v) is 3.30. The molecule has 1 atom stereocenters. The first-order valence-electron chi connectivity index (χ1n) is 8.37. The summed E-state index contributed by atoms with van der Waals surface area (Å²) in [6.07, 6.45) is 1.66. The molecule has 132 valence electrons. The number of carbonyl (C=O) groups excluding carboxylic acids is 2. The van der Waals surface area contributed by atoms with Crippen molar-refractivity contribution < 1.29 is 14.3 Å². The van der Waals surface area contributed by atoms with Gasteiger partial charge in [-0.3, -0.25) is 14.7 Å². The molecule has 0 aliphatic carbocycles. The van der Waals surface area contributed by atoms with E-state index >= 15 is 0 Å². The molecule has 1 unspecified atom stereocenters. The van der Waals surface area contributed by atoms with Crippen molar-refractivity contribution in [2.24, 2.45) is 5.73 Å². The summed E-state index contributed by atoms with van der Waals surface area (Å²) in [7, 11) is 0. The molecular weight excluding hydrogens is 332 g/mol. The Morgan fingerprint density at radius 3 is 2.92 bits per heavy atom. The number of nitrogens with one attached hydrogen (secondary N) is 1. The number of H-pyrrole nitrogens is 1. The van der Waals surface area contributed by atoms with Crippen molar-refractivity contribution in [1.82, 2.24) is 10.2 Å². The number of hydrogen-bond donors (Lipinski definition) is 2. The zero-order valence-electron chi connectivity index (χ0n) is 14.0. The minimum atomic E-state index is -0.485. The maximum atomic E-state index is 11.6. The smallest absolute Gasteiger partial charge is 0.248 e. The third-order valence-electron chi connectivity index (χ3n) is 4.68. The van der Waals surface area contributed by atoms with Crippen LogP contribution in [-0.2, 0) is 9.53 Å². The summed E-state index contributed by atoms with van der Waals surface area (Å²) in [6.45, 7) is 1.20. The van der Waals surface area contributed by atoms with Gasteiger partial charge in [0.15, 0.2) is 0 Å². The zero-order valence-corrected chi connectivity index (χ0v) is 14.0. The largest absolute Gasteiger partial charge is 0.379 e. The van der Waals surface area contributed by atoms with Gasteiger partial charge in [-0.15, -0.1) is 0 Å². The maximum Gasteiger partial charge on any atom is 0.248 e. The molecule has 3 aromatic rings. The predicted molar refractivity (Wildman–Crippen MR) is 97.8 cm³/mol. The van der Waals surface area contributed by atoms with Crippen LogP contribution in [-0.4, -0.2) is 41.8 Å². The maximum absolute atomic E-state index is 11.6. The lowest BCUT2D eigenvalue weighted by molar-refractivity contribution is -0.107. The van der Waals surface area contributed by atoms with Crippen LogP contribution in [0.25, 0.3) is 22.2 Å². The molecule has 0 saturated carbocycles. The molecular formula is C19H18N4O3. The molecule has 26 heavy (non-hydrogen) atoms. The molecule has 1 saturated heterocycles. The van der Waals surface area contributed by atoms with E-state index in [-0.39, 0.29) is 6.04 Å². The van der Waals surface area contributed by atoms with Gasteiger partial charge in [-0.25, -0.2) is 0 Å². The van der Waals surface area contributed by atoms with E-state index in [1.165, 1.54) is 0 Å². The first-order valence-corrected chi connectivity index (χ1v) is 8.37. The summed E-state index contributed by atoms with van der Waals surface area (Å²) in [5.74, 6) is -0.485. The Labute approximate surface area is 149 Å². The minimum absolute atomic E-state index is 0.0418. The Kier molecular flexibility index (Phi) is 4.14. The molecule has 1 aliphatic heterocycles. The summed E-state index contributed by atoms with van der Waals surface area (Å²) < 4.78 is 5.40. The Morgan fingerprint density at radius 1 is 1.31 bits per heavy atom. The van der Waals surface area contributed by atoms with Gasteiger partial charge in [-0.2, -0.15) is 5.10 Å². The average molecular weight is 350 g/mol. The molecule has 1 aromatic heterocycles. The van der Waals surface area contributed by atoms with Crippen molar-refractivity contribution in [2.75, 3.05) is 18.1 Å². The molecule has 0 bridgehead atoms. The Hall–Kier alpha value is -3.19. The molecule has 2 heterocycles. The number of fused-ring (bicyclic) bond motifs is 1. The number of hydrogen-bond acceptors (Lipinski definition) is 4. The summed E-state index contributed by atoms with van der Waals surface area (Å²) in [5.41, 5.74) is 8.97. The van der Waals surface area contributed by atoms with Gasteiger partial charge in [-0.05, 0) is 36.8 Å². The number of benzene rings is 2. The van der Waals surface area contributed by atoms with E-state index < -0.39 is 5.91 Å². The first-order chi connectivity index (χ1) is 12.7. The number of aromatic amines is 1. The van der Waals surface area contributed by atoms with Crippen LogP contribution in [0.5, 0.6) is 0 Å². The van der Waals surface area contributed by atoms with Gasteiger partial charge in [-0.1, -0.05) is 12.1 Å². The highest BCUT2D eigenvalue weighted by Gasteiger charge is 2.23. The van der Waals surface area contributed by atoms with Crippen LogP contribution in [0.3, 0.4) is 0 Å². The number of primary amides is 1. The fraction of sp³-hybridized carbons (Fsp3) is 0.211. The van der Waals surface area contributed by atoms with Crippen LogP contribution in [0, 0.1) is 0 Å². The molecule has 7 heteroatoms. The van der Waals surface area contributed by atoms with Crippen molar-refractivity contribution in [3.8, 4) is 11.3 Å². The first kappa shape index (κ1) is 16.3. The third kappa shape index (κ3) is 2.82. The quantitative estimate of drug-likeness (QED) is 0.688. The normalized spacial score (nSPS) is 16.7. The molecule has 0 radical (unpaired) electrons. The van der Waals surface area contributed by atoms with E-state index in [2.05, 4.69) is 10.2 Å². The number of rotatable bonds is 5. The molecule has 2 amide bonds. The second-order valence-corrected chi connectivity index (χ2v) is 6.28. The Balaban J connectivity index is 1.76. The number of aromatic nitrogens is 2. The highest BCUT2D eigenvalue weighted by atomic mass is 16.5. The molecule has 1 fully saturated rings. The third-order valence-corrected chi connectivity index (χ3v) is 4.68. The lowest BCUT2D eigenvalue weighted by atomic mass is 10.0. The highest BCUT2D eigenvalue weighted by Crippen LogP contribution is 2.30. The van der Waals surface area contributed by atoms with Crippen molar-refractivity contribution >= 4 is 28.9 Å². The van der Waals surface area contributed by atoms with Crippen molar-refractivity contribution in [2.45, 2.75) is 12.5 Å². The summed E-state index contributed by atoms with van der Waals surface area (Å²) >= 11 is 0. The van der Waals surface area contributed by atoms with Gasteiger partial charge < -0.3 is 15.4 Å². The van der Waals surface area contributed by atoms with Crippen LogP contribution in [0.15, 0.2) is 42.5 Å². The fourth-order valence-electron chi connectivity index (χ4n) is 3.30. The van der Waals surface area contributed by atoms with Gasteiger partial charge in [0.1, 0.15) is 0 Å². The monoisotopic (exact) mass is 350 g/mol. The molecule has 0 spiro atoms. The van der Waals surface area contributed by atoms with E-state index in [1.807, 2.05) is 24.3 Å². The van der Waals surface area contributed by atoms with Gasteiger partial charge in [0.2, 0.25) is 12.3 Å². The number of carbonyl (C=O) groups is 2. The number of anilines is 1. The molecule has 3 N–H and O–H groups in total. The van der Waals surface area contributed by atoms with Gasteiger partial charge >= 0.3 is 0 Å². The number of amides is 2. The summed E-state index contributed by atoms with van der Waals surface area (Å²) in [4.78, 5) is 24.8. The summed E-state index contributed by atoms with van der Waals surface area (Å²) in [5, 5.41) is 8.15. The Bertz CT molecular complexity index is 976. The molecule has 7 nitrogen and oxygen atoms in total. The lowest BCUT2D eigenvalue weighted by Crippen LogP contribution is -2.34. The van der Waals surface area contributed by atoms with E-state index in [0.717, 1.165) is 35.0 Å². The molecule has 4 rings (SSSR count). The van der Waals surface area contributed by atoms with Crippen LogP contribution in [0.4, 0.5) is 5.69 Å². The Morgan fingerprint density at radius 2 is 2.19 bits per heavy atom. The van der Waals surface area contributed by atoms with Gasteiger partial charge in [0.05, 0.1) is 23.9 Å². The number of nitrogens with two attached hydrogens (primary N) is 1. The van der Waals surface area contributed by atoms with Crippen LogP contribution in [0.2, 0.25) is 0 Å². The predicted octanol–water partition coefficient (Wildman–Crippen LogP) is 2.08. The second-order valence-electron chi connectivity index (χ2n) is 6.28. The number of nitrogens with zero attached hydrogens (tertiary/aromatic N) is 2. The van der Waals surface area contributed by atoms with Crippen molar-refractivity contribution in [3.05, 3.63) is 48.0 Å². The standard InChI is InChI=1S/C19H18N4O3/c20-19(25)13-4-5-17-16(9-13)18(22-21-17)12-2-1-3-14(8-12)23(11-24)15-6-7-26-10-15/h1-5,8-9,11,15H,6-7,10H2,(H2,20,25)(H,21,22). The van der Waals surface area contributed by atoms with Crippen LogP contribution in [0.1, 0.15) is 16.8 Å². The van der Waals surface area contributed by atoms with Crippen LogP contribution >= 0.6 is 0 Å². The average Bonchev–Trinajstić information content (AvgIpc) is 3.32. The highest BCUT2D eigenvalue weighted by molar-refractivity contribution is 6.01. The van der Waals surface area contributed by atoms with Crippen molar-refractivity contribution in [1.29, 1.82) is 0 Å². The lowest BCUT2D eigenvalue weighted by Gasteiger charge is -2.23. The molecule has 1 aliphatic rings. The van der Waals surface area contributed by atoms with E-state index in [4.69, 9.17) is 10.5 Å². The van der Waals surface area contributed by atoms with E-state index in [9.17, 15) is 9.59 Å². The second kappa shape index (κ2) is 6.61. The van der Waals surface area contributed by atoms with E-state index in [1.54, 1.807) is 23.1 Å². The summed E-state index contributed by atoms with van der Waals surface area (Å²) in [6, 6.07) is 12.8. The van der Waals surface area contributed by atoms with E-state index in [0.29, 0.717) is 24.5 Å². The van der Waals surface area contributed by atoms with Gasteiger partial charge in [0.25, 0.3) is 0 Å². The number of ether oxygens (including phenoxy) is 1. The topological polar surface area (TPSA) is 101 Å².